The van der Waals surface area contributed by atoms with Gasteiger partial charge in [0, 0.05) is 36.3 Å². The number of anilines is 3. The van der Waals surface area contributed by atoms with Crippen LogP contribution in [-0.2, 0) is 0 Å². The van der Waals surface area contributed by atoms with Crippen LogP contribution in [0.15, 0.2) is 53.4 Å². The van der Waals surface area contributed by atoms with Crippen molar-refractivity contribution in [3.63, 3.8) is 0 Å². The topological polar surface area (TPSA) is 32.3 Å². The number of halogens is 1. The molecule has 0 saturated carbocycles. The van der Waals surface area contributed by atoms with Crippen molar-refractivity contribution in [2.24, 2.45) is 0 Å². The Bertz CT molecular complexity index is 1130. The molecule has 1 aromatic heterocycles. The lowest BCUT2D eigenvalue weighted by Crippen LogP contribution is -2.34. The third kappa shape index (κ3) is 5.38. The summed E-state index contributed by atoms with van der Waals surface area (Å²) in [6, 6.07) is 15.9. The van der Waals surface area contributed by atoms with Crippen LogP contribution in [0.4, 0.5) is 21.8 Å². The summed E-state index contributed by atoms with van der Waals surface area (Å²) in [4.78, 5) is 15.6. The zero-order chi connectivity index (χ0) is 24.2. The molecule has 3 aromatic rings. The molecule has 2 aromatic carbocycles. The number of benzene rings is 2. The molecule has 0 radical (unpaired) electrons. The third-order valence-corrected chi connectivity index (χ3v) is 7.45. The van der Waals surface area contributed by atoms with E-state index in [1.165, 1.54) is 16.5 Å². The molecule has 1 fully saturated rings. The fourth-order valence-corrected chi connectivity index (χ4v) is 5.36. The molecule has 4 rings (SSSR count). The van der Waals surface area contributed by atoms with Crippen LogP contribution >= 0.6 is 11.8 Å². The highest BCUT2D eigenvalue weighted by atomic mass is 32.2. The Kier molecular flexibility index (Phi) is 7.77. The van der Waals surface area contributed by atoms with Crippen molar-refractivity contribution in [2.45, 2.75) is 57.3 Å². The van der Waals surface area contributed by atoms with Crippen LogP contribution in [0.1, 0.15) is 62.3 Å². The van der Waals surface area contributed by atoms with Crippen molar-refractivity contribution in [1.29, 1.82) is 0 Å². The van der Waals surface area contributed by atoms with E-state index in [9.17, 15) is 4.39 Å². The van der Waals surface area contributed by atoms with E-state index in [1.807, 2.05) is 19.1 Å². The Balaban J connectivity index is 1.57. The van der Waals surface area contributed by atoms with Crippen molar-refractivity contribution in [3.05, 3.63) is 71.2 Å². The van der Waals surface area contributed by atoms with Gasteiger partial charge < -0.3 is 9.80 Å². The van der Waals surface area contributed by atoms with Crippen LogP contribution < -0.4 is 9.80 Å². The first-order chi connectivity index (χ1) is 16.4. The fraction of sp³-hybridized carbons (Fsp3) is 0.429. The zero-order valence-electron chi connectivity index (χ0n) is 20.9. The summed E-state index contributed by atoms with van der Waals surface area (Å²) in [5, 5.41) is 0. The van der Waals surface area contributed by atoms with Crippen molar-refractivity contribution in [3.8, 4) is 0 Å². The fourth-order valence-electron chi connectivity index (χ4n) is 4.72. The lowest BCUT2D eigenvalue weighted by molar-refractivity contribution is 0.499. The van der Waals surface area contributed by atoms with E-state index in [2.05, 4.69) is 61.1 Å². The van der Waals surface area contributed by atoms with E-state index in [0.717, 1.165) is 61.2 Å². The predicted octanol–water partition coefficient (Wildman–Crippen LogP) is 7.31. The second-order valence-electron chi connectivity index (χ2n) is 9.31. The number of thioether (sulfide) groups is 1. The predicted molar refractivity (Wildman–Crippen MR) is 142 cm³/mol. The Hall–Kier alpha value is -2.60. The summed E-state index contributed by atoms with van der Waals surface area (Å²) < 4.78 is 13.7. The molecule has 0 N–H and O–H groups in total. The van der Waals surface area contributed by atoms with Gasteiger partial charge >= 0.3 is 0 Å². The van der Waals surface area contributed by atoms with Gasteiger partial charge in [-0.2, -0.15) is 4.98 Å². The van der Waals surface area contributed by atoms with E-state index >= 15 is 0 Å². The van der Waals surface area contributed by atoms with Crippen LogP contribution in [0.5, 0.6) is 0 Å². The average Bonchev–Trinajstić information content (AvgIpc) is 2.84. The van der Waals surface area contributed by atoms with Crippen LogP contribution in [0.25, 0.3) is 0 Å². The normalized spacial score (nSPS) is 14.6. The molecular formula is C28H35FN4S. The van der Waals surface area contributed by atoms with Crippen molar-refractivity contribution >= 4 is 29.2 Å². The molecule has 180 valence electrons. The van der Waals surface area contributed by atoms with Gasteiger partial charge in [0.05, 0.1) is 5.69 Å². The molecule has 6 heteroatoms. The average molecular weight is 479 g/mol. The van der Waals surface area contributed by atoms with Crippen LogP contribution in [0.2, 0.25) is 0 Å². The van der Waals surface area contributed by atoms with Gasteiger partial charge in [0.15, 0.2) is 0 Å². The number of nitrogens with zero attached hydrogens (tertiary/aromatic N) is 4. The summed E-state index contributed by atoms with van der Waals surface area (Å²) in [5.74, 6) is 2.46. The molecule has 2 heterocycles. The van der Waals surface area contributed by atoms with Gasteiger partial charge in [0.25, 0.3) is 0 Å². The van der Waals surface area contributed by atoms with E-state index in [1.54, 1.807) is 17.8 Å². The Morgan fingerprint density at radius 3 is 2.50 bits per heavy atom. The van der Waals surface area contributed by atoms with E-state index in [4.69, 9.17) is 9.97 Å². The Labute approximate surface area is 207 Å². The summed E-state index contributed by atoms with van der Waals surface area (Å²) in [6.45, 7) is 11.2. The number of rotatable bonds is 7. The smallest absolute Gasteiger partial charge is 0.232 e. The molecule has 34 heavy (non-hydrogen) atoms. The molecule has 0 spiro atoms. The molecule has 4 nitrogen and oxygen atoms in total. The number of hydrogen-bond donors (Lipinski definition) is 0. The molecule has 0 amide bonds. The highest BCUT2D eigenvalue weighted by Gasteiger charge is 2.24. The first-order valence-corrected chi connectivity index (χ1v) is 13.4. The number of aryl methyl sites for hydroxylation is 1. The summed E-state index contributed by atoms with van der Waals surface area (Å²) in [5.41, 5.74) is 4.57. The van der Waals surface area contributed by atoms with Crippen LogP contribution in [-0.4, -0.2) is 35.9 Å². The highest BCUT2D eigenvalue weighted by molar-refractivity contribution is 7.98. The van der Waals surface area contributed by atoms with Gasteiger partial charge in [0.1, 0.15) is 11.6 Å². The molecule has 0 unspecified atom stereocenters. The summed E-state index contributed by atoms with van der Waals surface area (Å²) in [7, 11) is 0. The molecule has 1 aliphatic heterocycles. The maximum absolute atomic E-state index is 13.7. The second-order valence-corrected chi connectivity index (χ2v) is 10.2. The lowest BCUT2D eigenvalue weighted by atomic mass is 9.89. The maximum Gasteiger partial charge on any atom is 0.232 e. The number of aromatic nitrogens is 2. The van der Waals surface area contributed by atoms with Crippen molar-refractivity contribution in [2.75, 3.05) is 35.7 Å². The molecule has 0 bridgehead atoms. The monoisotopic (exact) mass is 478 g/mol. The summed E-state index contributed by atoms with van der Waals surface area (Å²) >= 11 is 1.77. The Morgan fingerprint density at radius 2 is 1.85 bits per heavy atom. The van der Waals surface area contributed by atoms with E-state index in [-0.39, 0.29) is 5.82 Å². The molecule has 0 atom stereocenters. The van der Waals surface area contributed by atoms with Gasteiger partial charge in [-0.05, 0) is 80.2 Å². The quantitative estimate of drug-likeness (QED) is 0.332. The van der Waals surface area contributed by atoms with Gasteiger partial charge in [-0.15, -0.1) is 11.8 Å². The molecule has 1 aliphatic rings. The minimum atomic E-state index is -0.151. The Morgan fingerprint density at radius 1 is 1.09 bits per heavy atom. The second kappa shape index (κ2) is 10.8. The minimum Gasteiger partial charge on any atom is -0.356 e. The first-order valence-electron chi connectivity index (χ1n) is 12.2. The van der Waals surface area contributed by atoms with Crippen molar-refractivity contribution in [1.82, 2.24) is 9.97 Å². The van der Waals surface area contributed by atoms with Crippen LogP contribution in [0, 0.1) is 12.7 Å². The standard InChI is InChI=1S/C28H35FN4S/c1-6-33(25-11-10-22(19(2)3)18-26(25)34-5)28-30-20(4)16-27(31-28)32-14-12-21(13-15-32)23-8-7-9-24(29)17-23/h7-11,16-19,21H,6,12-15H2,1-5H3. The van der Waals surface area contributed by atoms with Gasteiger partial charge in [-0.25, -0.2) is 9.37 Å². The van der Waals surface area contributed by atoms with Gasteiger partial charge in [0.2, 0.25) is 5.95 Å². The number of piperidine rings is 1. The lowest BCUT2D eigenvalue weighted by Gasteiger charge is -2.34. The minimum absolute atomic E-state index is 0.151. The summed E-state index contributed by atoms with van der Waals surface area (Å²) in [6.07, 6.45) is 4.11. The zero-order valence-corrected chi connectivity index (χ0v) is 21.7. The van der Waals surface area contributed by atoms with E-state index in [0.29, 0.717) is 11.8 Å². The largest absolute Gasteiger partial charge is 0.356 e. The maximum atomic E-state index is 13.7. The van der Waals surface area contributed by atoms with Gasteiger partial charge in [-0.1, -0.05) is 32.0 Å². The van der Waals surface area contributed by atoms with Crippen molar-refractivity contribution < 1.29 is 4.39 Å². The third-order valence-electron chi connectivity index (χ3n) is 6.69. The molecule has 0 aliphatic carbocycles. The number of hydrogen-bond acceptors (Lipinski definition) is 5. The highest BCUT2D eigenvalue weighted by Crippen LogP contribution is 2.36. The molecule has 1 saturated heterocycles. The van der Waals surface area contributed by atoms with Gasteiger partial charge in [-0.3, -0.25) is 0 Å². The molecular weight excluding hydrogens is 443 g/mol. The van der Waals surface area contributed by atoms with E-state index < -0.39 is 0 Å². The first kappa shape index (κ1) is 24.5. The SMILES string of the molecule is CCN(c1nc(C)cc(N2CCC(c3cccc(F)c3)CC2)n1)c1ccc(C(C)C)cc1SC. The van der Waals surface area contributed by atoms with Crippen LogP contribution in [0.3, 0.4) is 0 Å².